The van der Waals surface area contributed by atoms with Gasteiger partial charge >= 0.3 is 0 Å². The van der Waals surface area contributed by atoms with Crippen molar-refractivity contribution in [3.8, 4) is 0 Å². The molecule has 1 unspecified atom stereocenters. The number of hydrogen-bond donors (Lipinski definition) is 1. The van der Waals surface area contributed by atoms with Gasteiger partial charge in [0.15, 0.2) is 0 Å². The second kappa shape index (κ2) is 7.22. The van der Waals surface area contributed by atoms with E-state index in [1.807, 2.05) is 30.5 Å². The predicted octanol–water partition coefficient (Wildman–Crippen LogP) is 2.64. The van der Waals surface area contributed by atoms with E-state index in [9.17, 15) is 4.79 Å². The Morgan fingerprint density at radius 2 is 2.30 bits per heavy atom. The van der Waals surface area contributed by atoms with Gasteiger partial charge in [-0.15, -0.1) is 0 Å². The second-order valence-electron chi connectivity index (χ2n) is 6.13. The zero-order chi connectivity index (χ0) is 16.1. The fraction of sp³-hybridized carbons (Fsp3) is 0.389. The maximum atomic E-state index is 12.3. The fourth-order valence-electron chi connectivity index (χ4n) is 2.92. The highest BCUT2D eigenvalue weighted by Crippen LogP contribution is 2.22. The monoisotopic (exact) mass is 310 g/mol. The Balaban J connectivity index is 1.65. The lowest BCUT2D eigenvalue weighted by Gasteiger charge is -2.32. The normalized spacial score (nSPS) is 17.8. The van der Waals surface area contributed by atoms with Crippen LogP contribution in [0.1, 0.15) is 35.8 Å². The number of carbonyl (C=O) groups is 1. The summed E-state index contributed by atoms with van der Waals surface area (Å²) in [5.41, 5.74) is 2.47. The maximum absolute atomic E-state index is 12.3. The van der Waals surface area contributed by atoms with Crippen molar-refractivity contribution >= 4 is 11.6 Å². The molecule has 1 fully saturated rings. The quantitative estimate of drug-likeness (QED) is 0.943. The van der Waals surface area contributed by atoms with Crippen LogP contribution in [0.25, 0.3) is 0 Å². The van der Waals surface area contributed by atoms with E-state index in [4.69, 9.17) is 0 Å². The van der Waals surface area contributed by atoms with Crippen molar-refractivity contribution in [1.82, 2.24) is 15.3 Å². The summed E-state index contributed by atoms with van der Waals surface area (Å²) in [5, 5.41) is 2.89. The van der Waals surface area contributed by atoms with Crippen LogP contribution >= 0.6 is 0 Å². The van der Waals surface area contributed by atoms with Crippen molar-refractivity contribution < 1.29 is 4.79 Å². The SMILES string of the molecule is CC1CCCN(c2cncc(C(=O)NCc3ccccn3)c2)C1. The molecule has 5 heteroatoms. The van der Waals surface area contributed by atoms with E-state index in [-0.39, 0.29) is 5.91 Å². The molecule has 120 valence electrons. The number of carbonyl (C=O) groups excluding carboxylic acids is 1. The standard InChI is InChI=1S/C18H22N4O/c1-14-5-4-8-22(13-14)17-9-15(10-19-12-17)18(23)21-11-16-6-2-3-7-20-16/h2-3,6-7,9-10,12,14H,4-5,8,11,13H2,1H3,(H,21,23). The van der Waals surface area contributed by atoms with Gasteiger partial charge < -0.3 is 10.2 Å². The summed E-state index contributed by atoms with van der Waals surface area (Å²) >= 11 is 0. The minimum Gasteiger partial charge on any atom is -0.370 e. The first kappa shape index (κ1) is 15.5. The van der Waals surface area contributed by atoms with Crippen molar-refractivity contribution in [3.05, 3.63) is 54.1 Å². The number of aromatic nitrogens is 2. The van der Waals surface area contributed by atoms with Crippen LogP contribution in [0.3, 0.4) is 0 Å². The Labute approximate surface area is 136 Å². The molecule has 0 saturated carbocycles. The van der Waals surface area contributed by atoms with Crippen molar-refractivity contribution in [2.75, 3.05) is 18.0 Å². The number of piperidine rings is 1. The lowest BCUT2D eigenvalue weighted by atomic mass is 10.00. The van der Waals surface area contributed by atoms with E-state index in [1.165, 1.54) is 12.8 Å². The van der Waals surface area contributed by atoms with Gasteiger partial charge in [0.05, 0.1) is 29.7 Å². The van der Waals surface area contributed by atoms with Gasteiger partial charge in [-0.3, -0.25) is 14.8 Å². The average molecular weight is 310 g/mol. The van der Waals surface area contributed by atoms with Crippen molar-refractivity contribution in [2.45, 2.75) is 26.3 Å². The van der Waals surface area contributed by atoms with Gasteiger partial charge in [0, 0.05) is 25.5 Å². The van der Waals surface area contributed by atoms with Crippen LogP contribution in [0.4, 0.5) is 5.69 Å². The highest BCUT2D eigenvalue weighted by Gasteiger charge is 2.18. The summed E-state index contributed by atoms with van der Waals surface area (Å²) in [4.78, 5) is 23.1. The molecule has 1 aliphatic rings. The number of amides is 1. The molecule has 1 amide bonds. The van der Waals surface area contributed by atoms with Crippen LogP contribution in [-0.2, 0) is 6.54 Å². The first-order valence-electron chi connectivity index (χ1n) is 8.10. The van der Waals surface area contributed by atoms with Crippen LogP contribution < -0.4 is 10.2 Å². The minimum atomic E-state index is -0.116. The summed E-state index contributed by atoms with van der Waals surface area (Å²) in [6.45, 7) is 4.75. The van der Waals surface area contributed by atoms with Crippen LogP contribution in [0.15, 0.2) is 42.9 Å². The lowest BCUT2D eigenvalue weighted by molar-refractivity contribution is 0.0950. The largest absolute Gasteiger partial charge is 0.370 e. The van der Waals surface area contributed by atoms with Gasteiger partial charge in [0.2, 0.25) is 0 Å². The van der Waals surface area contributed by atoms with Crippen molar-refractivity contribution in [3.63, 3.8) is 0 Å². The topological polar surface area (TPSA) is 58.1 Å². The Morgan fingerprint density at radius 1 is 1.39 bits per heavy atom. The van der Waals surface area contributed by atoms with Crippen molar-refractivity contribution in [2.24, 2.45) is 5.92 Å². The molecule has 0 radical (unpaired) electrons. The van der Waals surface area contributed by atoms with E-state index in [0.29, 0.717) is 18.0 Å². The molecule has 1 atom stereocenters. The number of hydrogen-bond acceptors (Lipinski definition) is 4. The van der Waals surface area contributed by atoms with Crippen LogP contribution in [0.5, 0.6) is 0 Å². The third-order valence-electron chi connectivity index (χ3n) is 4.16. The van der Waals surface area contributed by atoms with E-state index in [1.54, 1.807) is 12.4 Å². The molecule has 0 spiro atoms. The molecule has 0 bridgehead atoms. The average Bonchev–Trinajstić information content (AvgIpc) is 2.61. The molecular formula is C18H22N4O. The molecule has 1 N–H and O–H groups in total. The summed E-state index contributed by atoms with van der Waals surface area (Å²) in [6.07, 6.45) is 7.64. The molecule has 0 aromatic carbocycles. The molecule has 2 aromatic heterocycles. The predicted molar refractivity (Wildman–Crippen MR) is 90.3 cm³/mol. The Hall–Kier alpha value is -2.43. The van der Waals surface area contributed by atoms with Crippen molar-refractivity contribution in [1.29, 1.82) is 0 Å². The smallest absolute Gasteiger partial charge is 0.253 e. The number of pyridine rings is 2. The van der Waals surface area contributed by atoms with E-state index < -0.39 is 0 Å². The van der Waals surface area contributed by atoms with Gasteiger partial charge in [-0.05, 0) is 37.0 Å². The van der Waals surface area contributed by atoms with Gasteiger partial charge in [-0.2, -0.15) is 0 Å². The highest BCUT2D eigenvalue weighted by molar-refractivity contribution is 5.94. The Bertz CT molecular complexity index is 659. The summed E-state index contributed by atoms with van der Waals surface area (Å²) in [7, 11) is 0. The number of rotatable bonds is 4. The van der Waals surface area contributed by atoms with Gasteiger partial charge in [0.1, 0.15) is 0 Å². The van der Waals surface area contributed by atoms with Gasteiger partial charge in [0.25, 0.3) is 5.91 Å². The Kier molecular flexibility index (Phi) is 4.86. The zero-order valence-electron chi connectivity index (χ0n) is 13.4. The van der Waals surface area contributed by atoms with Crippen LogP contribution in [0.2, 0.25) is 0 Å². The van der Waals surface area contributed by atoms with E-state index in [0.717, 1.165) is 24.5 Å². The fourth-order valence-corrected chi connectivity index (χ4v) is 2.92. The van der Waals surface area contributed by atoms with Crippen LogP contribution in [-0.4, -0.2) is 29.0 Å². The third kappa shape index (κ3) is 4.06. The molecule has 3 rings (SSSR count). The Morgan fingerprint density at radius 3 is 3.09 bits per heavy atom. The molecule has 23 heavy (non-hydrogen) atoms. The summed E-state index contributed by atoms with van der Waals surface area (Å²) in [5.74, 6) is 0.570. The number of nitrogens with zero attached hydrogens (tertiary/aromatic N) is 3. The molecule has 3 heterocycles. The lowest BCUT2D eigenvalue weighted by Crippen LogP contribution is -2.34. The molecule has 2 aromatic rings. The van der Waals surface area contributed by atoms with Crippen LogP contribution in [0, 0.1) is 5.92 Å². The molecular weight excluding hydrogens is 288 g/mol. The maximum Gasteiger partial charge on any atom is 0.253 e. The second-order valence-corrected chi connectivity index (χ2v) is 6.13. The third-order valence-corrected chi connectivity index (χ3v) is 4.16. The van der Waals surface area contributed by atoms with Gasteiger partial charge in [-0.25, -0.2) is 0 Å². The molecule has 5 nitrogen and oxygen atoms in total. The first-order chi connectivity index (χ1) is 11.2. The molecule has 1 saturated heterocycles. The minimum absolute atomic E-state index is 0.116. The van der Waals surface area contributed by atoms with Gasteiger partial charge in [-0.1, -0.05) is 13.0 Å². The number of nitrogens with one attached hydrogen (secondary N) is 1. The zero-order valence-corrected chi connectivity index (χ0v) is 13.4. The molecule has 0 aliphatic carbocycles. The van der Waals surface area contributed by atoms with E-state index >= 15 is 0 Å². The summed E-state index contributed by atoms with van der Waals surface area (Å²) in [6, 6.07) is 7.59. The first-order valence-corrected chi connectivity index (χ1v) is 8.10. The molecule has 1 aliphatic heterocycles. The highest BCUT2D eigenvalue weighted by atomic mass is 16.1. The number of anilines is 1. The summed E-state index contributed by atoms with van der Waals surface area (Å²) < 4.78 is 0. The van der Waals surface area contributed by atoms with E-state index in [2.05, 4.69) is 27.1 Å².